The van der Waals surface area contributed by atoms with E-state index in [0.717, 1.165) is 16.1 Å². The summed E-state index contributed by atoms with van der Waals surface area (Å²) in [5.74, 6) is 1.46. The molecule has 0 unspecified atom stereocenters. The van der Waals surface area contributed by atoms with Crippen LogP contribution in [0.2, 0.25) is 0 Å². The Balaban J connectivity index is 1.69. The number of pyridine rings is 1. The molecule has 0 amide bonds. The summed E-state index contributed by atoms with van der Waals surface area (Å²) in [6, 6.07) is 12.4. The molecule has 2 aromatic heterocycles. The third-order valence-corrected chi connectivity index (χ3v) is 4.65. The number of halogens is 1. The Labute approximate surface area is 171 Å². The monoisotopic (exact) mass is 444 g/mol. The third-order valence-electron chi connectivity index (χ3n) is 4.07. The van der Waals surface area contributed by atoms with Gasteiger partial charge >= 0.3 is 0 Å². The van der Waals surface area contributed by atoms with Gasteiger partial charge in [0.05, 0.1) is 22.8 Å². The van der Waals surface area contributed by atoms with Crippen LogP contribution in [0.5, 0.6) is 0 Å². The van der Waals surface area contributed by atoms with Gasteiger partial charge in [0.25, 0.3) is 5.82 Å². The summed E-state index contributed by atoms with van der Waals surface area (Å²) < 4.78 is 1.48. The zero-order valence-electron chi connectivity index (χ0n) is 15.4. The first-order chi connectivity index (χ1) is 13.4. The molecule has 0 bridgehead atoms. The topological polar surface area (TPSA) is 109 Å². The van der Waals surface area contributed by atoms with E-state index in [2.05, 4.69) is 41.8 Å². The predicted octanol–water partition coefficient (Wildman–Crippen LogP) is 3.54. The van der Waals surface area contributed by atoms with Gasteiger partial charge in [0.1, 0.15) is 11.5 Å². The first-order valence-corrected chi connectivity index (χ1v) is 9.51. The molecule has 0 saturated heterocycles. The second-order valence-electron chi connectivity index (χ2n) is 6.30. The van der Waals surface area contributed by atoms with Crippen molar-refractivity contribution in [2.45, 2.75) is 26.0 Å². The van der Waals surface area contributed by atoms with Gasteiger partial charge in [-0.2, -0.15) is 4.98 Å². The van der Waals surface area contributed by atoms with E-state index in [4.69, 9.17) is 0 Å². The molecule has 0 aliphatic rings. The highest BCUT2D eigenvalue weighted by Gasteiger charge is 2.13. The zero-order valence-corrected chi connectivity index (χ0v) is 17.0. The highest BCUT2D eigenvalue weighted by Crippen LogP contribution is 2.24. The van der Waals surface area contributed by atoms with Crippen LogP contribution in [-0.2, 0) is 0 Å². The first-order valence-electron chi connectivity index (χ1n) is 8.72. The van der Waals surface area contributed by atoms with Crippen molar-refractivity contribution in [2.24, 2.45) is 0 Å². The Hall–Kier alpha value is -2.91. The highest BCUT2D eigenvalue weighted by molar-refractivity contribution is 9.10. The van der Waals surface area contributed by atoms with Crippen LogP contribution in [0.15, 0.2) is 59.3 Å². The fourth-order valence-corrected chi connectivity index (χ4v) is 2.61. The molecule has 2 atom stereocenters. The summed E-state index contributed by atoms with van der Waals surface area (Å²) in [6.45, 7) is 3.58. The molecule has 0 spiro atoms. The van der Waals surface area contributed by atoms with Crippen molar-refractivity contribution in [1.29, 1.82) is 0 Å². The minimum atomic E-state index is -0.518. The normalized spacial score (nSPS) is 12.9. The number of nitrogens with one attached hydrogen (secondary N) is 3. The first kappa shape index (κ1) is 19.8. The lowest BCUT2D eigenvalue weighted by Gasteiger charge is -2.18. The second kappa shape index (κ2) is 8.85. The van der Waals surface area contributed by atoms with Crippen molar-refractivity contribution in [2.75, 3.05) is 16.0 Å². The number of aliphatic hydroxyl groups excluding tert-OH is 1. The lowest BCUT2D eigenvalue weighted by molar-refractivity contribution is -0.590. The van der Waals surface area contributed by atoms with E-state index < -0.39 is 6.10 Å². The second-order valence-corrected chi connectivity index (χ2v) is 7.16. The quantitative estimate of drug-likeness (QED) is 0.325. The van der Waals surface area contributed by atoms with Crippen LogP contribution in [0.3, 0.4) is 0 Å². The molecule has 4 N–H and O–H groups in total. The zero-order chi connectivity index (χ0) is 20.1. The molecule has 0 aliphatic carbocycles. The Morgan fingerprint density at radius 1 is 1.07 bits per heavy atom. The van der Waals surface area contributed by atoms with Gasteiger partial charge in [-0.3, -0.25) is 0 Å². The lowest BCUT2D eigenvalue weighted by Crippen LogP contribution is -2.28. The molecule has 28 heavy (non-hydrogen) atoms. The third kappa shape index (κ3) is 5.08. The Kier molecular flexibility index (Phi) is 6.27. The van der Waals surface area contributed by atoms with Crippen LogP contribution in [0.1, 0.15) is 13.8 Å². The van der Waals surface area contributed by atoms with Crippen LogP contribution in [0.4, 0.5) is 29.0 Å². The van der Waals surface area contributed by atoms with Gasteiger partial charge in [-0.05, 0) is 60.1 Å². The SMILES string of the molecule is C[C@@H](O)[C@@H](C)Nc1nc(Nc2ccc(Nc3cccc[n+]3[O-])cc2)ncc1Br. The molecule has 0 aliphatic heterocycles. The van der Waals surface area contributed by atoms with E-state index in [1.54, 1.807) is 31.3 Å². The van der Waals surface area contributed by atoms with Crippen LogP contribution in [0.25, 0.3) is 0 Å². The van der Waals surface area contributed by atoms with E-state index in [-0.39, 0.29) is 6.04 Å². The van der Waals surface area contributed by atoms with Gasteiger partial charge in [-0.15, -0.1) is 0 Å². The summed E-state index contributed by atoms with van der Waals surface area (Å²) in [5, 5.41) is 30.7. The molecule has 2 heterocycles. The molecular formula is C19H21BrN6O2. The van der Waals surface area contributed by atoms with Gasteiger partial charge in [-0.25, -0.2) is 15.0 Å². The van der Waals surface area contributed by atoms with Crippen molar-refractivity contribution in [3.05, 3.63) is 64.5 Å². The molecule has 9 heteroatoms. The summed E-state index contributed by atoms with van der Waals surface area (Å²) in [7, 11) is 0. The number of benzene rings is 1. The van der Waals surface area contributed by atoms with Crippen molar-refractivity contribution in [3.63, 3.8) is 0 Å². The number of aromatic nitrogens is 3. The van der Waals surface area contributed by atoms with Crippen LogP contribution >= 0.6 is 15.9 Å². The fourth-order valence-electron chi connectivity index (χ4n) is 2.30. The molecule has 3 rings (SSSR count). The molecule has 146 valence electrons. The minimum Gasteiger partial charge on any atom is -0.711 e. The van der Waals surface area contributed by atoms with Crippen molar-refractivity contribution >= 4 is 44.9 Å². The standard InChI is InChI=1S/C19H21BrN6O2/c1-12(13(2)27)22-18-16(20)11-21-19(25-18)24-15-8-6-14(7-9-15)23-17-5-3-4-10-26(17)28/h3-13,23,27H,1-2H3,(H2,21,22,24,25)/t12-,13-/m1/s1. The molecule has 3 aromatic rings. The molecule has 1 aromatic carbocycles. The Morgan fingerprint density at radius 2 is 1.75 bits per heavy atom. The minimum absolute atomic E-state index is 0.161. The predicted molar refractivity (Wildman–Crippen MR) is 113 cm³/mol. The van der Waals surface area contributed by atoms with Crippen LogP contribution in [-0.4, -0.2) is 27.2 Å². The molecule has 8 nitrogen and oxygen atoms in total. The van der Waals surface area contributed by atoms with E-state index in [0.29, 0.717) is 22.1 Å². The maximum absolute atomic E-state index is 11.7. The number of hydrogen-bond donors (Lipinski definition) is 4. The van der Waals surface area contributed by atoms with E-state index >= 15 is 0 Å². The van der Waals surface area contributed by atoms with Gasteiger partial charge < -0.3 is 20.9 Å². The number of hydrogen-bond acceptors (Lipinski definition) is 7. The van der Waals surface area contributed by atoms with Gasteiger partial charge in [0.15, 0.2) is 0 Å². The average Bonchev–Trinajstić information content (AvgIpc) is 2.67. The molecular weight excluding hydrogens is 424 g/mol. The molecule has 0 saturated carbocycles. The lowest BCUT2D eigenvalue weighted by atomic mass is 10.2. The molecule has 0 radical (unpaired) electrons. The molecule has 0 fully saturated rings. The summed E-state index contributed by atoms with van der Waals surface area (Å²) in [4.78, 5) is 8.70. The number of rotatable bonds is 7. The smallest absolute Gasteiger partial charge is 0.282 e. The summed E-state index contributed by atoms with van der Waals surface area (Å²) >= 11 is 3.41. The van der Waals surface area contributed by atoms with Crippen molar-refractivity contribution < 1.29 is 9.84 Å². The Bertz CT molecular complexity index is 936. The van der Waals surface area contributed by atoms with Gasteiger partial charge in [-0.1, -0.05) is 6.07 Å². The van der Waals surface area contributed by atoms with Crippen molar-refractivity contribution in [3.8, 4) is 0 Å². The summed E-state index contributed by atoms with van der Waals surface area (Å²) in [6.07, 6.45) is 2.56. The van der Waals surface area contributed by atoms with E-state index in [9.17, 15) is 10.3 Å². The average molecular weight is 445 g/mol. The number of anilines is 5. The highest BCUT2D eigenvalue weighted by atomic mass is 79.9. The van der Waals surface area contributed by atoms with Crippen LogP contribution in [0, 0.1) is 5.21 Å². The Morgan fingerprint density at radius 3 is 2.39 bits per heavy atom. The summed E-state index contributed by atoms with van der Waals surface area (Å²) in [5.41, 5.74) is 1.58. The van der Waals surface area contributed by atoms with E-state index in [1.807, 2.05) is 31.2 Å². The maximum atomic E-state index is 11.7. The maximum Gasteiger partial charge on any atom is 0.282 e. The van der Waals surface area contributed by atoms with Gasteiger partial charge in [0.2, 0.25) is 5.95 Å². The van der Waals surface area contributed by atoms with Crippen molar-refractivity contribution in [1.82, 2.24) is 9.97 Å². The number of nitrogens with zero attached hydrogens (tertiary/aromatic N) is 3. The largest absolute Gasteiger partial charge is 0.711 e. The van der Waals surface area contributed by atoms with E-state index in [1.165, 1.54) is 6.20 Å². The van der Waals surface area contributed by atoms with Gasteiger partial charge in [0, 0.05) is 18.0 Å². The van der Waals surface area contributed by atoms with Crippen LogP contribution < -0.4 is 20.7 Å². The number of aliphatic hydroxyl groups is 1. The fraction of sp³-hybridized carbons (Fsp3) is 0.211.